The quantitative estimate of drug-likeness (QED) is 0.641. The molecule has 4 nitrogen and oxygen atoms in total. The van der Waals surface area contributed by atoms with Gasteiger partial charge in [-0.2, -0.15) is 5.10 Å². The number of nitrogens with zero attached hydrogens (tertiary/aromatic N) is 2. The summed E-state index contributed by atoms with van der Waals surface area (Å²) >= 11 is 0. The largest absolute Gasteiger partial charge is 0.407 e. The molecule has 0 saturated heterocycles. The second-order valence-electron chi connectivity index (χ2n) is 2.45. The minimum absolute atomic E-state index is 0.244. The number of fused-ring (bicyclic) bond motifs is 1. The van der Waals surface area contributed by atoms with Crippen molar-refractivity contribution in [2.24, 2.45) is 0 Å². The molecule has 0 saturated carbocycles. The maximum Gasteiger partial charge on any atom is 0.299 e. The van der Waals surface area contributed by atoms with Gasteiger partial charge < -0.3 is 4.74 Å². The Morgan fingerprint density at radius 2 is 2.15 bits per heavy atom. The van der Waals surface area contributed by atoms with Crippen LogP contribution in [0.2, 0.25) is 0 Å². The number of aromatic nitrogens is 2. The zero-order valence-corrected chi connectivity index (χ0v) is 6.68. The summed E-state index contributed by atoms with van der Waals surface area (Å²) in [4.78, 5) is 10.1. The van der Waals surface area contributed by atoms with Crippen molar-refractivity contribution in [2.45, 2.75) is 0 Å². The second kappa shape index (κ2) is 3.18. The van der Waals surface area contributed by atoms with Gasteiger partial charge in [-0.1, -0.05) is 18.2 Å². The lowest BCUT2D eigenvalue weighted by molar-refractivity contribution is -0.120. The summed E-state index contributed by atoms with van der Waals surface area (Å²) in [5.41, 5.74) is 0. The minimum atomic E-state index is 0.244. The van der Waals surface area contributed by atoms with Gasteiger partial charge in [-0.3, -0.25) is 4.79 Å². The number of rotatable bonds is 2. The molecule has 0 aliphatic heterocycles. The summed E-state index contributed by atoms with van der Waals surface area (Å²) in [6, 6.07) is 7.43. The van der Waals surface area contributed by atoms with E-state index in [1.165, 1.54) is 0 Å². The van der Waals surface area contributed by atoms with E-state index in [4.69, 9.17) is 0 Å². The molecule has 2 rings (SSSR count). The third-order valence-corrected chi connectivity index (χ3v) is 1.70. The van der Waals surface area contributed by atoms with E-state index in [0.717, 1.165) is 10.8 Å². The van der Waals surface area contributed by atoms with Crippen LogP contribution < -0.4 is 4.74 Å². The predicted molar refractivity (Wildman–Crippen MR) is 46.2 cm³/mol. The van der Waals surface area contributed by atoms with Gasteiger partial charge in [0.2, 0.25) is 5.88 Å². The van der Waals surface area contributed by atoms with Crippen LogP contribution in [0, 0.1) is 0 Å². The molecule has 0 aliphatic carbocycles. The fraction of sp³-hybridized carbons (Fsp3) is 0. The number of ether oxygens (including phenoxy) is 1. The molecule has 1 aromatic carbocycles. The van der Waals surface area contributed by atoms with Gasteiger partial charge in [-0.25, -0.2) is 0 Å². The van der Waals surface area contributed by atoms with Crippen LogP contribution in [-0.2, 0) is 4.79 Å². The topological polar surface area (TPSA) is 52.1 Å². The van der Waals surface area contributed by atoms with Crippen LogP contribution >= 0.6 is 0 Å². The summed E-state index contributed by atoms with van der Waals surface area (Å²) in [6.07, 6.45) is 1.62. The first-order valence-electron chi connectivity index (χ1n) is 3.72. The first kappa shape index (κ1) is 7.67. The molecule has 0 radical (unpaired) electrons. The van der Waals surface area contributed by atoms with Crippen molar-refractivity contribution < 1.29 is 9.53 Å². The molecule has 1 aromatic heterocycles. The van der Waals surface area contributed by atoms with Crippen LogP contribution in [-0.4, -0.2) is 16.7 Å². The van der Waals surface area contributed by atoms with Crippen LogP contribution in [0.5, 0.6) is 5.88 Å². The summed E-state index contributed by atoms with van der Waals surface area (Å²) < 4.78 is 4.66. The number of benzene rings is 1. The molecular formula is C9H6N2O2. The molecule has 1 heterocycles. The normalized spacial score (nSPS) is 9.85. The van der Waals surface area contributed by atoms with E-state index in [1.807, 2.05) is 24.3 Å². The van der Waals surface area contributed by atoms with Gasteiger partial charge in [-0.15, -0.1) is 5.10 Å². The lowest BCUT2D eigenvalue weighted by Crippen LogP contribution is -1.94. The van der Waals surface area contributed by atoms with Crippen molar-refractivity contribution in [1.82, 2.24) is 10.2 Å². The molecule has 2 aromatic rings. The molecular weight excluding hydrogens is 168 g/mol. The Labute approximate surface area is 74.2 Å². The first-order chi connectivity index (χ1) is 6.42. The highest BCUT2D eigenvalue weighted by Crippen LogP contribution is 2.20. The van der Waals surface area contributed by atoms with Crippen molar-refractivity contribution in [1.29, 1.82) is 0 Å². The standard InChI is InChI=1S/C9H6N2O2/c12-6-13-9-8-4-2-1-3-7(8)5-10-11-9/h1-6H. The van der Waals surface area contributed by atoms with E-state index in [2.05, 4.69) is 14.9 Å². The van der Waals surface area contributed by atoms with Gasteiger partial charge in [-0.05, 0) is 6.07 Å². The zero-order valence-electron chi connectivity index (χ0n) is 6.68. The van der Waals surface area contributed by atoms with Gasteiger partial charge in [0, 0.05) is 10.8 Å². The van der Waals surface area contributed by atoms with Crippen molar-refractivity contribution in [3.8, 4) is 5.88 Å². The third-order valence-electron chi connectivity index (χ3n) is 1.70. The van der Waals surface area contributed by atoms with Crippen LogP contribution in [0.3, 0.4) is 0 Å². The SMILES string of the molecule is O=COc1nncc2ccccc12. The van der Waals surface area contributed by atoms with E-state index in [0.29, 0.717) is 6.47 Å². The Morgan fingerprint density at radius 1 is 1.31 bits per heavy atom. The smallest absolute Gasteiger partial charge is 0.299 e. The average Bonchev–Trinajstić information content (AvgIpc) is 2.19. The molecule has 0 bridgehead atoms. The second-order valence-corrected chi connectivity index (χ2v) is 2.45. The fourth-order valence-corrected chi connectivity index (χ4v) is 1.13. The van der Waals surface area contributed by atoms with E-state index in [-0.39, 0.29) is 5.88 Å². The molecule has 0 aliphatic rings. The molecule has 0 amide bonds. The maximum absolute atomic E-state index is 10.1. The lowest BCUT2D eigenvalue weighted by Gasteiger charge is -1.99. The van der Waals surface area contributed by atoms with Gasteiger partial charge in [0.1, 0.15) is 0 Å². The van der Waals surface area contributed by atoms with Crippen LogP contribution in [0.15, 0.2) is 30.5 Å². The lowest BCUT2D eigenvalue weighted by atomic mass is 10.2. The molecule has 0 N–H and O–H groups in total. The van der Waals surface area contributed by atoms with E-state index >= 15 is 0 Å². The Hall–Kier alpha value is -1.97. The highest BCUT2D eigenvalue weighted by Gasteiger charge is 2.01. The van der Waals surface area contributed by atoms with Crippen LogP contribution in [0.4, 0.5) is 0 Å². The van der Waals surface area contributed by atoms with E-state index in [9.17, 15) is 4.79 Å². The number of hydrogen-bond donors (Lipinski definition) is 0. The van der Waals surface area contributed by atoms with Crippen molar-refractivity contribution >= 4 is 17.2 Å². The highest BCUT2D eigenvalue weighted by atomic mass is 16.5. The molecule has 0 unspecified atom stereocenters. The average molecular weight is 174 g/mol. The zero-order chi connectivity index (χ0) is 9.10. The maximum atomic E-state index is 10.1. The van der Waals surface area contributed by atoms with E-state index in [1.54, 1.807) is 6.20 Å². The fourth-order valence-electron chi connectivity index (χ4n) is 1.13. The summed E-state index contributed by atoms with van der Waals surface area (Å²) in [5.74, 6) is 0.244. The molecule has 0 fully saturated rings. The Balaban J connectivity index is 2.68. The van der Waals surface area contributed by atoms with Crippen LogP contribution in [0.1, 0.15) is 0 Å². The number of carbonyl (C=O) groups excluding carboxylic acids is 1. The number of carbonyl (C=O) groups is 1. The van der Waals surface area contributed by atoms with Crippen LogP contribution in [0.25, 0.3) is 10.8 Å². The van der Waals surface area contributed by atoms with Crippen molar-refractivity contribution in [3.63, 3.8) is 0 Å². The number of hydrogen-bond acceptors (Lipinski definition) is 4. The molecule has 13 heavy (non-hydrogen) atoms. The highest BCUT2D eigenvalue weighted by molar-refractivity contribution is 5.86. The van der Waals surface area contributed by atoms with Gasteiger partial charge >= 0.3 is 0 Å². The van der Waals surface area contributed by atoms with Gasteiger partial charge in [0.25, 0.3) is 6.47 Å². The summed E-state index contributed by atoms with van der Waals surface area (Å²) in [7, 11) is 0. The summed E-state index contributed by atoms with van der Waals surface area (Å²) in [5, 5.41) is 9.07. The Bertz CT molecular complexity index is 437. The third kappa shape index (κ3) is 1.33. The Kier molecular flexibility index (Phi) is 1.88. The molecule has 0 spiro atoms. The molecule has 4 heteroatoms. The predicted octanol–water partition coefficient (Wildman–Crippen LogP) is 1.16. The molecule has 0 atom stereocenters. The minimum Gasteiger partial charge on any atom is -0.407 e. The van der Waals surface area contributed by atoms with Gasteiger partial charge in [0.15, 0.2) is 0 Å². The monoisotopic (exact) mass is 174 g/mol. The van der Waals surface area contributed by atoms with E-state index < -0.39 is 0 Å². The molecule has 64 valence electrons. The Morgan fingerprint density at radius 3 is 3.00 bits per heavy atom. The van der Waals surface area contributed by atoms with Crippen molar-refractivity contribution in [2.75, 3.05) is 0 Å². The van der Waals surface area contributed by atoms with Crippen molar-refractivity contribution in [3.05, 3.63) is 30.5 Å². The van der Waals surface area contributed by atoms with Gasteiger partial charge in [0.05, 0.1) is 6.20 Å². The summed E-state index contributed by atoms with van der Waals surface area (Å²) in [6.45, 7) is 0.344. The first-order valence-corrected chi connectivity index (χ1v) is 3.72.